The maximum absolute atomic E-state index is 11.2. The number of amides is 1. The van der Waals surface area contributed by atoms with Gasteiger partial charge in [-0.3, -0.25) is 4.79 Å². The van der Waals surface area contributed by atoms with Gasteiger partial charge in [0, 0.05) is 10.7 Å². The highest BCUT2D eigenvalue weighted by Gasteiger charge is 2.18. The van der Waals surface area contributed by atoms with Crippen molar-refractivity contribution in [2.45, 2.75) is 12.5 Å². The van der Waals surface area contributed by atoms with Crippen LogP contribution in [0.4, 0.5) is 5.69 Å². The highest BCUT2D eigenvalue weighted by Crippen LogP contribution is 2.21. The second-order valence-corrected chi connectivity index (χ2v) is 4.05. The molecule has 0 heterocycles. The summed E-state index contributed by atoms with van der Waals surface area (Å²) in [6.07, 6.45) is 1.70. The molecule has 96 valence electrons. The Hall–Kier alpha value is -2.01. The zero-order valence-corrected chi connectivity index (χ0v) is 10.3. The summed E-state index contributed by atoms with van der Waals surface area (Å²) in [4.78, 5) is 22.2. The Kier molecular flexibility index (Phi) is 4.74. The molecule has 1 unspecified atom stereocenters. The molecule has 0 radical (unpaired) electrons. The van der Waals surface area contributed by atoms with E-state index < -0.39 is 17.9 Å². The summed E-state index contributed by atoms with van der Waals surface area (Å²) in [5.74, 6) is -1.72. The molecule has 1 aromatic rings. The average Bonchev–Trinajstić information content (AvgIpc) is 2.30. The summed E-state index contributed by atoms with van der Waals surface area (Å²) in [7, 11) is 0. The highest BCUT2D eigenvalue weighted by molar-refractivity contribution is 6.31. The molecule has 5 nitrogen and oxygen atoms in total. The first-order chi connectivity index (χ1) is 8.45. The quantitative estimate of drug-likeness (QED) is 0.687. The molecule has 0 saturated heterocycles. The number of aliphatic carboxylic acids is 1. The number of nitrogens with one attached hydrogen (secondary N) is 1. The number of carboxylic acids is 1. The molecule has 4 N–H and O–H groups in total. The summed E-state index contributed by atoms with van der Waals surface area (Å²) >= 11 is 5.75. The minimum absolute atomic E-state index is 0.151. The first-order valence-corrected chi connectivity index (χ1v) is 5.53. The Bertz CT molecular complexity index is 488. The molecule has 0 aromatic heterocycles. The largest absolute Gasteiger partial charge is 0.480 e. The minimum atomic E-state index is -1.04. The lowest BCUT2D eigenvalue weighted by atomic mass is 10.1. The van der Waals surface area contributed by atoms with E-state index in [0.29, 0.717) is 10.7 Å². The monoisotopic (exact) mass is 268 g/mol. The molecular formula is C12H13ClN2O3. The zero-order chi connectivity index (χ0) is 13.7. The average molecular weight is 269 g/mol. The van der Waals surface area contributed by atoms with Crippen molar-refractivity contribution in [2.24, 2.45) is 5.73 Å². The van der Waals surface area contributed by atoms with Gasteiger partial charge in [0.2, 0.25) is 0 Å². The first kappa shape index (κ1) is 14.1. The Morgan fingerprint density at radius 1 is 1.56 bits per heavy atom. The number of carbonyl (C=O) groups excluding carboxylic acids is 1. The van der Waals surface area contributed by atoms with Crippen LogP contribution in [0.15, 0.2) is 30.9 Å². The predicted octanol–water partition coefficient (Wildman–Crippen LogP) is 1.88. The molecule has 0 bridgehead atoms. The third-order valence-electron chi connectivity index (χ3n) is 2.28. The van der Waals surface area contributed by atoms with E-state index in [0.717, 1.165) is 0 Å². The van der Waals surface area contributed by atoms with E-state index >= 15 is 0 Å². The van der Waals surface area contributed by atoms with E-state index in [2.05, 4.69) is 11.9 Å². The van der Waals surface area contributed by atoms with Crippen molar-refractivity contribution in [2.75, 3.05) is 5.32 Å². The van der Waals surface area contributed by atoms with Crippen LogP contribution < -0.4 is 11.1 Å². The van der Waals surface area contributed by atoms with Crippen molar-refractivity contribution in [3.63, 3.8) is 0 Å². The molecule has 0 aliphatic heterocycles. The van der Waals surface area contributed by atoms with Crippen molar-refractivity contribution in [1.82, 2.24) is 0 Å². The fourth-order valence-corrected chi connectivity index (χ4v) is 1.59. The van der Waals surface area contributed by atoms with Gasteiger partial charge in [0.25, 0.3) is 5.91 Å². The molecule has 1 aromatic carbocycles. The van der Waals surface area contributed by atoms with E-state index in [4.69, 9.17) is 22.4 Å². The van der Waals surface area contributed by atoms with Gasteiger partial charge >= 0.3 is 5.97 Å². The Morgan fingerprint density at radius 3 is 2.72 bits per heavy atom. The number of hydrogen-bond donors (Lipinski definition) is 3. The van der Waals surface area contributed by atoms with Gasteiger partial charge in [-0.2, -0.15) is 0 Å². The molecule has 1 rings (SSSR count). The predicted molar refractivity (Wildman–Crippen MR) is 69.8 cm³/mol. The fraction of sp³-hybridized carbons (Fsp3) is 0.167. The third-order valence-corrected chi connectivity index (χ3v) is 2.51. The van der Waals surface area contributed by atoms with Gasteiger partial charge in [-0.05, 0) is 24.6 Å². The number of nitrogens with two attached hydrogens (primary N) is 1. The van der Waals surface area contributed by atoms with Gasteiger partial charge in [0.05, 0.1) is 5.56 Å². The van der Waals surface area contributed by atoms with E-state index in [1.807, 2.05) is 0 Å². The Labute approximate surface area is 109 Å². The molecule has 6 heteroatoms. The van der Waals surface area contributed by atoms with Gasteiger partial charge in [0.1, 0.15) is 6.04 Å². The number of anilines is 1. The van der Waals surface area contributed by atoms with E-state index in [-0.39, 0.29) is 12.0 Å². The van der Waals surface area contributed by atoms with Crippen molar-refractivity contribution in [3.05, 3.63) is 41.4 Å². The second-order valence-electron chi connectivity index (χ2n) is 3.61. The van der Waals surface area contributed by atoms with E-state index in [1.165, 1.54) is 18.2 Å². The van der Waals surface area contributed by atoms with Crippen LogP contribution in [0.2, 0.25) is 5.02 Å². The van der Waals surface area contributed by atoms with Crippen molar-refractivity contribution >= 4 is 29.2 Å². The maximum atomic E-state index is 11.2. The highest BCUT2D eigenvalue weighted by atomic mass is 35.5. The van der Waals surface area contributed by atoms with E-state index in [1.54, 1.807) is 6.07 Å². The molecule has 0 fully saturated rings. The van der Waals surface area contributed by atoms with Crippen molar-refractivity contribution in [3.8, 4) is 0 Å². The lowest BCUT2D eigenvalue weighted by Crippen LogP contribution is -2.29. The maximum Gasteiger partial charge on any atom is 0.326 e. The lowest BCUT2D eigenvalue weighted by molar-refractivity contribution is -0.137. The van der Waals surface area contributed by atoms with Crippen molar-refractivity contribution < 1.29 is 14.7 Å². The van der Waals surface area contributed by atoms with Crippen LogP contribution in [0.5, 0.6) is 0 Å². The summed E-state index contributed by atoms with van der Waals surface area (Å²) < 4.78 is 0. The molecule has 0 aliphatic rings. The first-order valence-electron chi connectivity index (χ1n) is 5.15. The fourth-order valence-electron chi connectivity index (χ4n) is 1.42. The normalized spacial score (nSPS) is 11.6. The van der Waals surface area contributed by atoms with Crippen LogP contribution in [0.25, 0.3) is 0 Å². The Balaban J connectivity index is 3.05. The van der Waals surface area contributed by atoms with Crippen LogP contribution in [-0.2, 0) is 4.79 Å². The topological polar surface area (TPSA) is 92.4 Å². The molecule has 0 spiro atoms. The number of primary amides is 1. The third kappa shape index (κ3) is 3.49. The molecule has 18 heavy (non-hydrogen) atoms. The summed E-state index contributed by atoms with van der Waals surface area (Å²) in [6, 6.07) is 3.57. The van der Waals surface area contributed by atoms with Gasteiger partial charge < -0.3 is 16.2 Å². The number of rotatable bonds is 6. The standard InChI is InChI=1S/C12H13ClN2O3/c1-2-3-10(12(17)18)15-9-5-4-7(13)6-8(9)11(14)16/h2,4-6,10,15H,1,3H2,(H2,14,16)(H,17,18). The lowest BCUT2D eigenvalue weighted by Gasteiger charge is -2.16. The SMILES string of the molecule is C=CCC(Nc1ccc(Cl)cc1C(N)=O)C(=O)O. The summed E-state index contributed by atoms with van der Waals surface area (Å²) in [5.41, 5.74) is 5.69. The molecule has 1 amide bonds. The zero-order valence-electron chi connectivity index (χ0n) is 9.52. The number of carboxylic acid groups (broad SMARTS) is 1. The van der Waals surface area contributed by atoms with Crippen molar-refractivity contribution in [1.29, 1.82) is 0 Å². The summed E-state index contributed by atoms with van der Waals surface area (Å²) in [6.45, 7) is 3.48. The molecular weight excluding hydrogens is 256 g/mol. The molecule has 1 atom stereocenters. The molecule has 0 aliphatic carbocycles. The van der Waals surface area contributed by atoms with Crippen LogP contribution in [-0.4, -0.2) is 23.0 Å². The van der Waals surface area contributed by atoms with Crippen LogP contribution in [0, 0.1) is 0 Å². The van der Waals surface area contributed by atoms with Crippen LogP contribution >= 0.6 is 11.6 Å². The molecule has 0 saturated carbocycles. The number of halogens is 1. The number of benzene rings is 1. The number of hydrogen-bond acceptors (Lipinski definition) is 3. The van der Waals surface area contributed by atoms with Gasteiger partial charge in [0.15, 0.2) is 0 Å². The Morgan fingerprint density at radius 2 is 2.22 bits per heavy atom. The summed E-state index contributed by atoms with van der Waals surface area (Å²) in [5, 5.41) is 12.1. The minimum Gasteiger partial charge on any atom is -0.480 e. The van der Waals surface area contributed by atoms with Gasteiger partial charge in [-0.25, -0.2) is 4.79 Å². The number of carbonyl (C=O) groups is 2. The van der Waals surface area contributed by atoms with Crippen LogP contribution in [0.1, 0.15) is 16.8 Å². The van der Waals surface area contributed by atoms with Gasteiger partial charge in [-0.15, -0.1) is 6.58 Å². The van der Waals surface area contributed by atoms with E-state index in [9.17, 15) is 9.59 Å². The van der Waals surface area contributed by atoms with Gasteiger partial charge in [-0.1, -0.05) is 17.7 Å². The second kappa shape index (κ2) is 6.07. The smallest absolute Gasteiger partial charge is 0.326 e. The van der Waals surface area contributed by atoms with Crippen LogP contribution in [0.3, 0.4) is 0 Å².